The molecule has 1 aromatic rings. The lowest BCUT2D eigenvalue weighted by Crippen LogP contribution is -2.40. The highest BCUT2D eigenvalue weighted by Gasteiger charge is 2.46. The molecule has 1 aliphatic carbocycles. The molecule has 0 saturated carbocycles. The number of benzene rings is 1. The molecule has 7 nitrogen and oxygen atoms in total. The van der Waals surface area contributed by atoms with Crippen LogP contribution >= 0.6 is 0 Å². The fourth-order valence-corrected chi connectivity index (χ4v) is 3.35. The molecule has 1 N–H and O–H groups in total. The molecule has 0 heterocycles. The van der Waals surface area contributed by atoms with Crippen LogP contribution in [0.1, 0.15) is 25.8 Å². The van der Waals surface area contributed by atoms with E-state index in [1.165, 1.54) is 13.3 Å². The fourth-order valence-electron chi connectivity index (χ4n) is 3.35. The van der Waals surface area contributed by atoms with Crippen molar-refractivity contribution in [2.45, 2.75) is 26.7 Å². The Morgan fingerprint density at radius 2 is 1.93 bits per heavy atom. The van der Waals surface area contributed by atoms with Crippen molar-refractivity contribution in [2.24, 2.45) is 16.3 Å². The van der Waals surface area contributed by atoms with Gasteiger partial charge in [0.15, 0.2) is 17.3 Å². The Hall–Kier alpha value is -2.83. The third-order valence-electron chi connectivity index (χ3n) is 4.88. The minimum atomic E-state index is -0.887. The molecule has 1 atom stereocenters. The van der Waals surface area contributed by atoms with Crippen LogP contribution in [-0.4, -0.2) is 50.9 Å². The van der Waals surface area contributed by atoms with E-state index in [4.69, 9.17) is 14.2 Å². The molecule has 152 valence electrons. The highest BCUT2D eigenvalue weighted by Crippen LogP contribution is 2.41. The summed E-state index contributed by atoms with van der Waals surface area (Å²) in [6.45, 7) is 3.92. The number of ether oxygens (including phenoxy) is 3. The lowest BCUT2D eigenvalue weighted by atomic mass is 9.68. The first-order valence-corrected chi connectivity index (χ1v) is 9.00. The Morgan fingerprint density at radius 3 is 2.54 bits per heavy atom. The monoisotopic (exact) mass is 389 g/mol. The molecule has 0 aromatic heterocycles. The maximum Gasteiger partial charge on any atom is 0.316 e. The first-order valence-electron chi connectivity index (χ1n) is 9.00. The topological polar surface area (TPSA) is 94.4 Å². The van der Waals surface area contributed by atoms with Gasteiger partial charge in [-0.15, -0.1) is 0 Å². The molecular formula is C21H27NO6. The van der Waals surface area contributed by atoms with Crippen LogP contribution in [0.3, 0.4) is 0 Å². The standard InChI is InChI=1S/C21H27NO6/c1-21(2)11-15(23)14(19(24)18(21)20(25)28-5)12-22-9-8-13-6-7-16(26-3)17(10-13)27-4/h6-7,10,12,18,24H,8-9,11H2,1-5H3/t18-/m0/s1. The highest BCUT2D eigenvalue weighted by atomic mass is 16.5. The minimum absolute atomic E-state index is 0.0713. The molecule has 0 saturated heterocycles. The Labute approximate surface area is 165 Å². The summed E-state index contributed by atoms with van der Waals surface area (Å²) in [5, 5.41) is 10.5. The first-order chi connectivity index (χ1) is 13.2. The third kappa shape index (κ3) is 4.52. The van der Waals surface area contributed by atoms with Crippen molar-refractivity contribution in [3.8, 4) is 11.5 Å². The number of allylic oxidation sites excluding steroid dienone is 1. The average Bonchev–Trinajstić information content (AvgIpc) is 2.65. The number of hydrogen-bond donors (Lipinski definition) is 1. The lowest BCUT2D eigenvalue weighted by Gasteiger charge is -2.35. The summed E-state index contributed by atoms with van der Waals surface area (Å²) in [4.78, 5) is 28.8. The Bertz CT molecular complexity index is 809. The molecular weight excluding hydrogens is 362 g/mol. The largest absolute Gasteiger partial charge is 0.511 e. The van der Waals surface area contributed by atoms with E-state index in [2.05, 4.69) is 4.99 Å². The van der Waals surface area contributed by atoms with Crippen LogP contribution in [0.2, 0.25) is 0 Å². The van der Waals surface area contributed by atoms with Gasteiger partial charge in [0.1, 0.15) is 11.7 Å². The van der Waals surface area contributed by atoms with Crippen molar-refractivity contribution in [2.75, 3.05) is 27.9 Å². The maximum atomic E-state index is 12.4. The summed E-state index contributed by atoms with van der Waals surface area (Å²) in [6, 6.07) is 5.60. The number of methoxy groups -OCH3 is 3. The van der Waals surface area contributed by atoms with Crippen molar-refractivity contribution in [1.29, 1.82) is 0 Å². The van der Waals surface area contributed by atoms with Crippen molar-refractivity contribution in [1.82, 2.24) is 0 Å². The number of ketones is 1. The number of esters is 1. The summed E-state index contributed by atoms with van der Waals surface area (Å²) in [5.74, 6) is -0.682. The summed E-state index contributed by atoms with van der Waals surface area (Å²) in [6.07, 6.45) is 2.10. The van der Waals surface area contributed by atoms with Crippen molar-refractivity contribution < 1.29 is 28.9 Å². The van der Waals surface area contributed by atoms with E-state index in [-0.39, 0.29) is 23.5 Å². The van der Waals surface area contributed by atoms with Gasteiger partial charge in [-0.3, -0.25) is 14.6 Å². The second-order valence-corrected chi connectivity index (χ2v) is 7.32. The molecule has 2 rings (SSSR count). The number of carbonyl (C=O) groups is 2. The quantitative estimate of drug-likeness (QED) is 0.569. The lowest BCUT2D eigenvalue weighted by molar-refractivity contribution is -0.150. The number of carbonyl (C=O) groups excluding carboxylic acids is 2. The predicted octanol–water partition coefficient (Wildman–Crippen LogP) is 2.92. The molecule has 7 heteroatoms. The molecule has 1 aliphatic rings. The third-order valence-corrected chi connectivity index (χ3v) is 4.88. The van der Waals surface area contributed by atoms with Crippen LogP contribution in [0.15, 0.2) is 34.5 Å². The van der Waals surface area contributed by atoms with E-state index in [1.54, 1.807) is 28.1 Å². The molecule has 1 aromatic carbocycles. The zero-order valence-electron chi connectivity index (χ0n) is 16.9. The van der Waals surface area contributed by atoms with Gasteiger partial charge < -0.3 is 19.3 Å². The predicted molar refractivity (Wildman–Crippen MR) is 105 cm³/mol. The minimum Gasteiger partial charge on any atom is -0.511 e. The molecule has 0 spiro atoms. The normalized spacial score (nSPS) is 19.0. The Kier molecular flexibility index (Phi) is 6.83. The number of nitrogens with zero attached hydrogens (tertiary/aromatic N) is 1. The van der Waals surface area contributed by atoms with E-state index in [1.807, 2.05) is 18.2 Å². The SMILES string of the molecule is COC(=O)[C@@H]1C(O)=C(C=NCCc2ccc(OC)c(OC)c2)C(=O)CC1(C)C. The summed E-state index contributed by atoms with van der Waals surface area (Å²) >= 11 is 0. The number of aliphatic imine (C=N–C) groups is 1. The van der Waals surface area contributed by atoms with Gasteiger partial charge in [-0.1, -0.05) is 19.9 Å². The molecule has 0 radical (unpaired) electrons. The van der Waals surface area contributed by atoms with Gasteiger partial charge in [0.05, 0.1) is 26.9 Å². The van der Waals surface area contributed by atoms with E-state index in [0.717, 1.165) is 5.56 Å². The van der Waals surface area contributed by atoms with Crippen LogP contribution in [0, 0.1) is 11.3 Å². The number of hydrogen-bond acceptors (Lipinski definition) is 7. The molecule has 0 aliphatic heterocycles. The summed E-state index contributed by atoms with van der Waals surface area (Å²) in [7, 11) is 4.41. The van der Waals surface area contributed by atoms with Gasteiger partial charge in [0.25, 0.3) is 0 Å². The second kappa shape index (κ2) is 8.91. The van der Waals surface area contributed by atoms with E-state index in [9.17, 15) is 14.7 Å². The van der Waals surface area contributed by atoms with Crippen LogP contribution in [0.25, 0.3) is 0 Å². The highest BCUT2D eigenvalue weighted by molar-refractivity contribution is 6.15. The van der Waals surface area contributed by atoms with Crippen LogP contribution in [-0.2, 0) is 20.7 Å². The van der Waals surface area contributed by atoms with E-state index in [0.29, 0.717) is 24.5 Å². The fraction of sp³-hybridized carbons (Fsp3) is 0.476. The van der Waals surface area contributed by atoms with Gasteiger partial charge in [-0.2, -0.15) is 0 Å². The number of Topliss-reactive ketones (excluding diaryl/α,β-unsaturated/α-hetero) is 1. The van der Waals surface area contributed by atoms with Crippen molar-refractivity contribution in [3.63, 3.8) is 0 Å². The van der Waals surface area contributed by atoms with Gasteiger partial charge in [0, 0.05) is 19.2 Å². The van der Waals surface area contributed by atoms with Gasteiger partial charge in [-0.25, -0.2) is 0 Å². The van der Waals surface area contributed by atoms with E-state index >= 15 is 0 Å². The molecule has 0 unspecified atom stereocenters. The van der Waals surface area contributed by atoms with Gasteiger partial charge in [0.2, 0.25) is 0 Å². The van der Waals surface area contributed by atoms with Crippen LogP contribution in [0.4, 0.5) is 0 Å². The molecule has 0 bridgehead atoms. The number of rotatable bonds is 7. The summed E-state index contributed by atoms with van der Waals surface area (Å²) < 4.78 is 15.3. The molecule has 0 fully saturated rings. The average molecular weight is 389 g/mol. The number of aliphatic hydroxyl groups excluding tert-OH is 1. The molecule has 28 heavy (non-hydrogen) atoms. The zero-order chi connectivity index (χ0) is 20.9. The first kappa shape index (κ1) is 21.5. The maximum absolute atomic E-state index is 12.4. The van der Waals surface area contributed by atoms with Gasteiger partial charge in [-0.05, 0) is 29.5 Å². The van der Waals surface area contributed by atoms with Crippen molar-refractivity contribution >= 4 is 18.0 Å². The second-order valence-electron chi connectivity index (χ2n) is 7.32. The van der Waals surface area contributed by atoms with Crippen molar-refractivity contribution in [3.05, 3.63) is 35.1 Å². The summed E-state index contributed by atoms with van der Waals surface area (Å²) in [5.41, 5.74) is 0.351. The van der Waals surface area contributed by atoms with E-state index < -0.39 is 17.3 Å². The van der Waals surface area contributed by atoms with Gasteiger partial charge >= 0.3 is 5.97 Å². The zero-order valence-corrected chi connectivity index (χ0v) is 16.9. The smallest absolute Gasteiger partial charge is 0.316 e. The van der Waals surface area contributed by atoms with Crippen LogP contribution < -0.4 is 9.47 Å². The Morgan fingerprint density at radius 1 is 1.25 bits per heavy atom. The molecule has 0 amide bonds. The van der Waals surface area contributed by atoms with Crippen LogP contribution in [0.5, 0.6) is 11.5 Å². The number of aliphatic hydroxyl groups is 1. The Balaban J connectivity index is 2.14.